The molecule has 0 amide bonds. The van der Waals surface area contributed by atoms with Crippen molar-refractivity contribution in [2.24, 2.45) is 5.92 Å². The molecule has 0 saturated heterocycles. The van der Waals surface area contributed by atoms with Crippen molar-refractivity contribution in [3.05, 3.63) is 0 Å². The standard InChI is InChI=1S/C8H14O3/c1-3-11-8(4-5-9)7(2)6-10/h5-8H,3-4H2,1-2H3. The van der Waals surface area contributed by atoms with Gasteiger partial charge in [0, 0.05) is 18.9 Å². The Morgan fingerprint density at radius 3 is 2.45 bits per heavy atom. The van der Waals surface area contributed by atoms with Crippen LogP contribution in [0.1, 0.15) is 20.3 Å². The fourth-order valence-electron chi connectivity index (χ4n) is 0.831. The van der Waals surface area contributed by atoms with Crippen LogP contribution in [0.15, 0.2) is 0 Å². The van der Waals surface area contributed by atoms with Gasteiger partial charge >= 0.3 is 0 Å². The van der Waals surface area contributed by atoms with E-state index in [1.54, 1.807) is 6.92 Å². The van der Waals surface area contributed by atoms with Gasteiger partial charge in [-0.1, -0.05) is 6.92 Å². The number of hydrogen-bond donors (Lipinski definition) is 0. The molecule has 0 rings (SSSR count). The number of hydrogen-bond acceptors (Lipinski definition) is 3. The van der Waals surface area contributed by atoms with Gasteiger partial charge < -0.3 is 14.3 Å². The number of carbonyl (C=O) groups excluding carboxylic acids is 2. The highest BCUT2D eigenvalue weighted by molar-refractivity contribution is 5.57. The third-order valence-corrected chi connectivity index (χ3v) is 1.51. The minimum absolute atomic E-state index is 0.194. The number of aldehydes is 2. The summed E-state index contributed by atoms with van der Waals surface area (Å²) in [6.45, 7) is 4.13. The van der Waals surface area contributed by atoms with Gasteiger partial charge in [0.15, 0.2) is 0 Å². The maximum absolute atomic E-state index is 10.3. The molecule has 0 radical (unpaired) electrons. The minimum Gasteiger partial charge on any atom is -0.377 e. The van der Waals surface area contributed by atoms with E-state index in [1.165, 1.54) is 0 Å². The number of carbonyl (C=O) groups is 2. The van der Waals surface area contributed by atoms with Crippen molar-refractivity contribution >= 4 is 12.6 Å². The van der Waals surface area contributed by atoms with Crippen molar-refractivity contribution in [2.45, 2.75) is 26.4 Å². The maximum atomic E-state index is 10.3. The molecule has 2 atom stereocenters. The van der Waals surface area contributed by atoms with Crippen LogP contribution in [-0.2, 0) is 14.3 Å². The van der Waals surface area contributed by atoms with Crippen LogP contribution in [0.25, 0.3) is 0 Å². The molecule has 0 aliphatic heterocycles. The first-order valence-corrected chi connectivity index (χ1v) is 3.76. The molecular weight excluding hydrogens is 144 g/mol. The second-order valence-electron chi connectivity index (χ2n) is 2.39. The first-order chi connectivity index (χ1) is 5.26. The second kappa shape index (κ2) is 6.04. The van der Waals surface area contributed by atoms with Gasteiger partial charge in [0.2, 0.25) is 0 Å². The molecule has 0 fully saturated rings. The molecule has 64 valence electrons. The van der Waals surface area contributed by atoms with Gasteiger partial charge in [0.05, 0.1) is 6.10 Å². The summed E-state index contributed by atoms with van der Waals surface area (Å²) < 4.78 is 5.17. The molecule has 0 aromatic carbocycles. The van der Waals surface area contributed by atoms with Crippen LogP contribution >= 0.6 is 0 Å². The lowest BCUT2D eigenvalue weighted by Crippen LogP contribution is -2.23. The lowest BCUT2D eigenvalue weighted by Gasteiger charge is -2.16. The van der Waals surface area contributed by atoms with Gasteiger partial charge in [0.25, 0.3) is 0 Å². The van der Waals surface area contributed by atoms with Crippen LogP contribution in [0, 0.1) is 5.92 Å². The molecule has 0 bridgehead atoms. The van der Waals surface area contributed by atoms with Crippen molar-refractivity contribution in [1.82, 2.24) is 0 Å². The summed E-state index contributed by atoms with van der Waals surface area (Å²) in [4.78, 5) is 20.4. The Bertz CT molecular complexity index is 123. The molecule has 11 heavy (non-hydrogen) atoms. The Labute approximate surface area is 66.7 Å². The van der Waals surface area contributed by atoms with Gasteiger partial charge in [-0.25, -0.2) is 0 Å². The van der Waals surface area contributed by atoms with Gasteiger partial charge in [0.1, 0.15) is 12.6 Å². The van der Waals surface area contributed by atoms with Crippen molar-refractivity contribution in [2.75, 3.05) is 6.61 Å². The van der Waals surface area contributed by atoms with Gasteiger partial charge in [-0.3, -0.25) is 0 Å². The van der Waals surface area contributed by atoms with E-state index in [2.05, 4.69) is 0 Å². The highest BCUT2D eigenvalue weighted by Gasteiger charge is 2.15. The van der Waals surface area contributed by atoms with Crippen molar-refractivity contribution in [3.63, 3.8) is 0 Å². The van der Waals surface area contributed by atoms with Crippen LogP contribution in [-0.4, -0.2) is 25.3 Å². The highest BCUT2D eigenvalue weighted by Crippen LogP contribution is 2.07. The van der Waals surface area contributed by atoms with E-state index in [9.17, 15) is 9.59 Å². The predicted octanol–water partition coefficient (Wildman–Crippen LogP) is 0.816. The average Bonchev–Trinajstić information content (AvgIpc) is 2.03. The molecule has 0 spiro atoms. The Balaban J connectivity index is 3.84. The van der Waals surface area contributed by atoms with E-state index >= 15 is 0 Å². The third kappa shape index (κ3) is 3.88. The van der Waals surface area contributed by atoms with Crippen LogP contribution in [0.5, 0.6) is 0 Å². The summed E-state index contributed by atoms with van der Waals surface area (Å²) in [5.74, 6) is -0.194. The topological polar surface area (TPSA) is 43.4 Å². The molecule has 0 heterocycles. The Kier molecular flexibility index (Phi) is 5.65. The van der Waals surface area contributed by atoms with Crippen LogP contribution in [0.4, 0.5) is 0 Å². The van der Waals surface area contributed by atoms with E-state index in [0.29, 0.717) is 13.0 Å². The lowest BCUT2D eigenvalue weighted by atomic mass is 10.0. The van der Waals surface area contributed by atoms with Crippen molar-refractivity contribution in [1.29, 1.82) is 0 Å². The third-order valence-electron chi connectivity index (χ3n) is 1.51. The predicted molar refractivity (Wildman–Crippen MR) is 41.3 cm³/mol. The summed E-state index contributed by atoms with van der Waals surface area (Å²) in [5.41, 5.74) is 0. The zero-order valence-corrected chi connectivity index (χ0v) is 6.95. The smallest absolute Gasteiger partial charge is 0.125 e. The number of ether oxygens (including phenoxy) is 1. The number of rotatable bonds is 6. The fourth-order valence-corrected chi connectivity index (χ4v) is 0.831. The van der Waals surface area contributed by atoms with Gasteiger partial charge in [-0.2, -0.15) is 0 Å². The molecular formula is C8H14O3. The van der Waals surface area contributed by atoms with E-state index in [-0.39, 0.29) is 12.0 Å². The van der Waals surface area contributed by atoms with E-state index in [1.807, 2.05) is 6.92 Å². The SMILES string of the molecule is CCOC(CC=O)C(C)C=O. The van der Waals surface area contributed by atoms with Gasteiger partial charge in [-0.05, 0) is 6.92 Å². The summed E-state index contributed by atoms with van der Waals surface area (Å²) >= 11 is 0. The fraction of sp³-hybridized carbons (Fsp3) is 0.750. The largest absolute Gasteiger partial charge is 0.377 e. The average molecular weight is 158 g/mol. The maximum Gasteiger partial charge on any atom is 0.125 e. The van der Waals surface area contributed by atoms with Gasteiger partial charge in [-0.15, -0.1) is 0 Å². The lowest BCUT2D eigenvalue weighted by molar-refractivity contribution is -0.117. The molecule has 3 heteroatoms. The first kappa shape index (κ1) is 10.3. The van der Waals surface area contributed by atoms with E-state index in [0.717, 1.165) is 12.6 Å². The summed E-state index contributed by atoms with van der Waals surface area (Å²) in [6.07, 6.45) is 1.65. The normalized spacial score (nSPS) is 15.5. The Hall–Kier alpha value is -0.700. The van der Waals surface area contributed by atoms with Crippen molar-refractivity contribution in [3.8, 4) is 0 Å². The molecule has 0 saturated carbocycles. The molecule has 0 aliphatic rings. The Morgan fingerprint density at radius 1 is 1.45 bits per heavy atom. The summed E-state index contributed by atoms with van der Waals surface area (Å²) in [7, 11) is 0. The first-order valence-electron chi connectivity index (χ1n) is 3.76. The quantitative estimate of drug-likeness (QED) is 0.537. The van der Waals surface area contributed by atoms with Crippen molar-refractivity contribution < 1.29 is 14.3 Å². The van der Waals surface area contributed by atoms with Crippen LogP contribution < -0.4 is 0 Å². The summed E-state index contributed by atoms with van der Waals surface area (Å²) in [6, 6.07) is 0. The molecule has 0 N–H and O–H groups in total. The molecule has 0 aliphatic carbocycles. The summed E-state index contributed by atoms with van der Waals surface area (Å²) in [5, 5.41) is 0. The van der Waals surface area contributed by atoms with Crippen LogP contribution in [0.2, 0.25) is 0 Å². The molecule has 0 aromatic heterocycles. The van der Waals surface area contributed by atoms with Crippen LogP contribution in [0.3, 0.4) is 0 Å². The molecule has 2 unspecified atom stereocenters. The molecule has 0 aromatic rings. The molecule has 3 nitrogen and oxygen atoms in total. The highest BCUT2D eigenvalue weighted by atomic mass is 16.5. The Morgan fingerprint density at radius 2 is 2.09 bits per heavy atom. The van der Waals surface area contributed by atoms with E-state index < -0.39 is 0 Å². The monoisotopic (exact) mass is 158 g/mol. The zero-order valence-electron chi connectivity index (χ0n) is 6.95. The van der Waals surface area contributed by atoms with E-state index in [4.69, 9.17) is 4.74 Å². The minimum atomic E-state index is -0.241. The zero-order chi connectivity index (χ0) is 8.69. The second-order valence-corrected chi connectivity index (χ2v) is 2.39.